The van der Waals surface area contributed by atoms with Gasteiger partial charge < -0.3 is 10.6 Å². The lowest BCUT2D eigenvalue weighted by atomic mass is 10.1. The zero-order valence-electron chi connectivity index (χ0n) is 9.54. The van der Waals surface area contributed by atoms with Crippen LogP contribution >= 0.6 is 0 Å². The Morgan fingerprint density at radius 2 is 2.00 bits per heavy atom. The molecule has 0 fully saturated rings. The van der Waals surface area contributed by atoms with Crippen molar-refractivity contribution in [2.24, 2.45) is 0 Å². The van der Waals surface area contributed by atoms with Gasteiger partial charge in [-0.1, -0.05) is 6.92 Å². The van der Waals surface area contributed by atoms with Crippen LogP contribution in [0.1, 0.15) is 26.3 Å². The molecule has 0 spiro atoms. The van der Waals surface area contributed by atoms with Crippen LogP contribution in [0.3, 0.4) is 0 Å². The third-order valence-electron chi connectivity index (χ3n) is 2.64. The van der Waals surface area contributed by atoms with E-state index in [2.05, 4.69) is 44.9 Å². The molecule has 0 saturated carbocycles. The van der Waals surface area contributed by atoms with Gasteiger partial charge in [-0.2, -0.15) is 0 Å². The highest BCUT2D eigenvalue weighted by Crippen LogP contribution is 2.23. The van der Waals surface area contributed by atoms with Gasteiger partial charge in [0.05, 0.1) is 0 Å². The van der Waals surface area contributed by atoms with E-state index < -0.39 is 0 Å². The summed E-state index contributed by atoms with van der Waals surface area (Å²) < 4.78 is 0. The number of rotatable bonds is 3. The fraction of sp³-hybridized carbons (Fsp3) is 0.500. The predicted molar refractivity (Wildman–Crippen MR) is 63.8 cm³/mol. The summed E-state index contributed by atoms with van der Waals surface area (Å²) in [5, 5.41) is 0. The van der Waals surface area contributed by atoms with Crippen LogP contribution < -0.4 is 10.6 Å². The number of hydrogen-bond acceptors (Lipinski definition) is 2. The normalized spacial score (nSPS) is 10.6. The molecule has 0 unspecified atom stereocenters. The topological polar surface area (TPSA) is 29.3 Å². The monoisotopic (exact) mass is 192 g/mol. The summed E-state index contributed by atoms with van der Waals surface area (Å²) in [6, 6.07) is 6.65. The Morgan fingerprint density at radius 1 is 1.36 bits per heavy atom. The molecule has 1 aromatic rings. The number of hydrogen-bond donors (Lipinski definition) is 1. The van der Waals surface area contributed by atoms with E-state index in [0.29, 0.717) is 6.04 Å². The summed E-state index contributed by atoms with van der Waals surface area (Å²) in [7, 11) is 2.12. The smallest absolute Gasteiger partial charge is 0.0399 e. The maximum Gasteiger partial charge on any atom is 0.0399 e. The highest BCUT2D eigenvalue weighted by Gasteiger charge is 2.08. The molecule has 2 nitrogen and oxygen atoms in total. The molecule has 2 heteroatoms. The zero-order valence-corrected chi connectivity index (χ0v) is 9.54. The summed E-state index contributed by atoms with van der Waals surface area (Å²) in [6.45, 7) is 6.54. The van der Waals surface area contributed by atoms with Crippen molar-refractivity contribution in [1.82, 2.24) is 0 Å². The van der Waals surface area contributed by atoms with Crippen LogP contribution in [-0.2, 0) is 6.42 Å². The van der Waals surface area contributed by atoms with Crippen molar-refractivity contribution < 1.29 is 0 Å². The fourth-order valence-corrected chi connectivity index (χ4v) is 1.51. The van der Waals surface area contributed by atoms with Crippen LogP contribution in [0.25, 0.3) is 0 Å². The first-order valence-electron chi connectivity index (χ1n) is 5.17. The van der Waals surface area contributed by atoms with E-state index in [-0.39, 0.29) is 0 Å². The van der Waals surface area contributed by atoms with Gasteiger partial charge in [0.1, 0.15) is 0 Å². The van der Waals surface area contributed by atoms with E-state index in [1.807, 2.05) is 6.07 Å². The molecular weight excluding hydrogens is 172 g/mol. The summed E-state index contributed by atoms with van der Waals surface area (Å²) in [4.78, 5) is 2.28. The first-order valence-corrected chi connectivity index (χ1v) is 5.17. The summed E-state index contributed by atoms with van der Waals surface area (Å²) in [5.74, 6) is 0. The molecule has 0 aromatic heterocycles. The minimum absolute atomic E-state index is 0.518. The molecule has 0 aliphatic rings. The summed E-state index contributed by atoms with van der Waals surface area (Å²) in [5.41, 5.74) is 9.22. The number of aryl methyl sites for hydroxylation is 1. The maximum absolute atomic E-state index is 5.76. The zero-order chi connectivity index (χ0) is 10.7. The Morgan fingerprint density at radius 3 is 2.50 bits per heavy atom. The lowest BCUT2D eigenvalue weighted by molar-refractivity contribution is 0.750. The third-order valence-corrected chi connectivity index (χ3v) is 2.64. The Hall–Kier alpha value is -1.18. The average Bonchev–Trinajstić information content (AvgIpc) is 2.16. The van der Waals surface area contributed by atoms with Crippen LogP contribution in [-0.4, -0.2) is 13.1 Å². The number of nitrogens with two attached hydrogens (primary N) is 1. The number of nitrogen functional groups attached to an aromatic ring is 1. The van der Waals surface area contributed by atoms with Crippen LogP contribution in [0.2, 0.25) is 0 Å². The van der Waals surface area contributed by atoms with E-state index in [1.165, 1.54) is 11.3 Å². The van der Waals surface area contributed by atoms with Gasteiger partial charge in [0, 0.05) is 24.5 Å². The molecule has 0 saturated heterocycles. The summed E-state index contributed by atoms with van der Waals surface area (Å²) >= 11 is 0. The SMILES string of the molecule is CCc1cc(N)ccc1N(C)C(C)C. The van der Waals surface area contributed by atoms with Crippen molar-refractivity contribution >= 4 is 11.4 Å². The van der Waals surface area contributed by atoms with E-state index in [4.69, 9.17) is 5.73 Å². The third kappa shape index (κ3) is 2.19. The van der Waals surface area contributed by atoms with Crippen LogP contribution in [0, 0.1) is 0 Å². The molecule has 14 heavy (non-hydrogen) atoms. The lowest BCUT2D eigenvalue weighted by Crippen LogP contribution is -2.26. The lowest BCUT2D eigenvalue weighted by Gasteiger charge is -2.26. The van der Waals surface area contributed by atoms with Crippen LogP contribution in [0.15, 0.2) is 18.2 Å². The summed E-state index contributed by atoms with van der Waals surface area (Å²) in [6.07, 6.45) is 1.03. The second-order valence-electron chi connectivity index (χ2n) is 3.95. The van der Waals surface area contributed by atoms with Gasteiger partial charge in [-0.25, -0.2) is 0 Å². The molecule has 0 aliphatic carbocycles. The predicted octanol–water partition coefficient (Wildman–Crippen LogP) is 2.68. The van der Waals surface area contributed by atoms with Gasteiger partial charge in [-0.15, -0.1) is 0 Å². The highest BCUT2D eigenvalue weighted by atomic mass is 15.1. The standard InChI is InChI=1S/C12H20N2/c1-5-10-8-11(13)6-7-12(10)14(4)9(2)3/h6-9H,5,13H2,1-4H3. The van der Waals surface area contributed by atoms with Crippen LogP contribution in [0.5, 0.6) is 0 Å². The first kappa shape index (κ1) is 10.9. The van der Waals surface area contributed by atoms with Gasteiger partial charge in [0.25, 0.3) is 0 Å². The van der Waals surface area contributed by atoms with Crippen molar-refractivity contribution in [3.05, 3.63) is 23.8 Å². The van der Waals surface area contributed by atoms with Gasteiger partial charge in [0.15, 0.2) is 0 Å². The van der Waals surface area contributed by atoms with Crippen molar-refractivity contribution in [3.8, 4) is 0 Å². The second kappa shape index (κ2) is 4.36. The minimum Gasteiger partial charge on any atom is -0.399 e. The fourth-order valence-electron chi connectivity index (χ4n) is 1.51. The molecule has 1 aromatic carbocycles. The van der Waals surface area contributed by atoms with E-state index in [9.17, 15) is 0 Å². The van der Waals surface area contributed by atoms with Gasteiger partial charge in [0.2, 0.25) is 0 Å². The van der Waals surface area contributed by atoms with Gasteiger partial charge in [-0.05, 0) is 44.0 Å². The Bertz CT molecular complexity index is 305. The highest BCUT2D eigenvalue weighted by molar-refractivity contribution is 5.59. The second-order valence-corrected chi connectivity index (χ2v) is 3.95. The minimum atomic E-state index is 0.518. The molecular formula is C12H20N2. The Kier molecular flexibility index (Phi) is 3.39. The quantitative estimate of drug-likeness (QED) is 0.746. The largest absolute Gasteiger partial charge is 0.399 e. The van der Waals surface area contributed by atoms with Crippen LogP contribution in [0.4, 0.5) is 11.4 Å². The van der Waals surface area contributed by atoms with Crippen molar-refractivity contribution in [1.29, 1.82) is 0 Å². The maximum atomic E-state index is 5.76. The van der Waals surface area contributed by atoms with E-state index in [0.717, 1.165) is 12.1 Å². The average molecular weight is 192 g/mol. The number of anilines is 2. The van der Waals surface area contributed by atoms with Crippen molar-refractivity contribution in [2.75, 3.05) is 17.7 Å². The van der Waals surface area contributed by atoms with Gasteiger partial charge in [-0.3, -0.25) is 0 Å². The Labute approximate surface area is 86.7 Å². The first-order chi connectivity index (χ1) is 6.56. The van der Waals surface area contributed by atoms with Gasteiger partial charge >= 0.3 is 0 Å². The molecule has 0 atom stereocenters. The Balaban J connectivity index is 3.07. The molecule has 0 bridgehead atoms. The molecule has 0 aliphatic heterocycles. The molecule has 0 radical (unpaired) electrons. The number of benzene rings is 1. The van der Waals surface area contributed by atoms with Crippen molar-refractivity contribution in [2.45, 2.75) is 33.2 Å². The molecule has 0 heterocycles. The number of nitrogens with zero attached hydrogens (tertiary/aromatic N) is 1. The van der Waals surface area contributed by atoms with Crippen molar-refractivity contribution in [3.63, 3.8) is 0 Å². The molecule has 1 rings (SSSR count). The molecule has 2 N–H and O–H groups in total. The molecule has 0 amide bonds. The van der Waals surface area contributed by atoms with E-state index >= 15 is 0 Å². The van der Waals surface area contributed by atoms with E-state index in [1.54, 1.807) is 0 Å². The molecule has 78 valence electrons.